The smallest absolute Gasteiger partial charge is 0.349 e. The molecule has 5 heteroatoms. The van der Waals surface area contributed by atoms with Crippen molar-refractivity contribution in [1.82, 2.24) is 4.57 Å². The van der Waals surface area contributed by atoms with Gasteiger partial charge in [-0.3, -0.25) is 0 Å². The highest BCUT2D eigenvalue weighted by molar-refractivity contribution is 8.00. The van der Waals surface area contributed by atoms with Gasteiger partial charge in [-0.2, -0.15) is 13.2 Å². The number of para-hydroxylation sites is 1. The van der Waals surface area contributed by atoms with Crippen molar-refractivity contribution in [3.8, 4) is 0 Å². The first-order chi connectivity index (χ1) is 6.97. The summed E-state index contributed by atoms with van der Waals surface area (Å²) in [5.74, 6) is 0. The van der Waals surface area contributed by atoms with Gasteiger partial charge >= 0.3 is 5.51 Å². The van der Waals surface area contributed by atoms with Gasteiger partial charge in [0.05, 0.1) is 0 Å². The van der Waals surface area contributed by atoms with Gasteiger partial charge in [0.25, 0.3) is 0 Å². The zero-order valence-corrected chi connectivity index (χ0v) is 8.69. The first-order valence-electron chi connectivity index (χ1n) is 4.27. The van der Waals surface area contributed by atoms with E-state index in [1.165, 1.54) is 6.20 Å². The monoisotopic (exact) mass is 231 g/mol. The molecule has 15 heavy (non-hydrogen) atoms. The number of hydrogen-bond donors (Lipinski definition) is 0. The highest BCUT2D eigenvalue weighted by atomic mass is 32.2. The van der Waals surface area contributed by atoms with E-state index in [1.54, 1.807) is 29.8 Å². The summed E-state index contributed by atoms with van der Waals surface area (Å²) in [6.45, 7) is 0. The molecule has 0 atom stereocenters. The predicted molar refractivity (Wildman–Crippen MR) is 54.8 cm³/mol. The number of rotatable bonds is 1. The van der Waals surface area contributed by atoms with Crippen LogP contribution in [-0.2, 0) is 7.05 Å². The molecule has 0 aliphatic heterocycles. The van der Waals surface area contributed by atoms with Crippen molar-refractivity contribution in [3.63, 3.8) is 0 Å². The van der Waals surface area contributed by atoms with Crippen molar-refractivity contribution < 1.29 is 13.2 Å². The average Bonchev–Trinajstić information content (AvgIpc) is 2.42. The zero-order chi connectivity index (χ0) is 11.1. The number of nitrogens with zero attached hydrogens (tertiary/aromatic N) is 1. The Morgan fingerprint density at radius 3 is 2.53 bits per heavy atom. The van der Waals surface area contributed by atoms with E-state index in [0.29, 0.717) is 5.39 Å². The van der Waals surface area contributed by atoms with E-state index >= 15 is 0 Å². The van der Waals surface area contributed by atoms with Crippen LogP contribution in [-0.4, -0.2) is 10.1 Å². The molecule has 1 aromatic carbocycles. The van der Waals surface area contributed by atoms with Crippen LogP contribution in [0.2, 0.25) is 0 Å². The van der Waals surface area contributed by atoms with Gasteiger partial charge in [-0.05, 0) is 17.8 Å². The number of alkyl halides is 3. The summed E-state index contributed by atoms with van der Waals surface area (Å²) in [4.78, 5) is 0.251. The van der Waals surface area contributed by atoms with Crippen molar-refractivity contribution in [3.05, 3.63) is 30.5 Å². The van der Waals surface area contributed by atoms with E-state index in [9.17, 15) is 13.2 Å². The minimum Gasteiger partial charge on any atom is -0.349 e. The molecule has 1 aromatic heterocycles. The maximum absolute atomic E-state index is 12.2. The lowest BCUT2D eigenvalue weighted by molar-refractivity contribution is -0.0327. The van der Waals surface area contributed by atoms with Gasteiger partial charge in [-0.25, -0.2) is 0 Å². The lowest BCUT2D eigenvalue weighted by atomic mass is 10.2. The van der Waals surface area contributed by atoms with Gasteiger partial charge in [-0.15, -0.1) is 0 Å². The topological polar surface area (TPSA) is 4.93 Å². The molecule has 0 radical (unpaired) electrons. The molecule has 0 spiro atoms. The molecule has 0 saturated heterocycles. The Morgan fingerprint density at radius 2 is 1.87 bits per heavy atom. The van der Waals surface area contributed by atoms with Crippen LogP contribution in [0.4, 0.5) is 13.2 Å². The molecule has 0 aliphatic carbocycles. The molecule has 1 nitrogen and oxygen atoms in total. The minimum atomic E-state index is -4.23. The second-order valence-electron chi connectivity index (χ2n) is 3.17. The van der Waals surface area contributed by atoms with Crippen LogP contribution in [0.3, 0.4) is 0 Å². The molecule has 0 aliphatic rings. The average molecular weight is 231 g/mol. The van der Waals surface area contributed by atoms with Crippen LogP contribution >= 0.6 is 11.8 Å². The number of aryl methyl sites for hydroxylation is 1. The second kappa shape index (κ2) is 3.48. The zero-order valence-electron chi connectivity index (χ0n) is 7.88. The van der Waals surface area contributed by atoms with Gasteiger partial charge in [0.1, 0.15) is 0 Å². The molecule has 0 N–H and O–H groups in total. The molecule has 80 valence electrons. The molecule has 1 heterocycles. The fourth-order valence-electron chi connectivity index (χ4n) is 1.51. The molecular formula is C10H8F3NS. The number of fused-ring (bicyclic) bond motifs is 1. The summed E-state index contributed by atoms with van der Waals surface area (Å²) in [7, 11) is 1.74. The second-order valence-corrected chi connectivity index (χ2v) is 4.28. The third-order valence-electron chi connectivity index (χ3n) is 2.09. The van der Waals surface area contributed by atoms with E-state index in [1.807, 2.05) is 6.07 Å². The molecule has 0 fully saturated rings. The van der Waals surface area contributed by atoms with Crippen molar-refractivity contribution in [1.29, 1.82) is 0 Å². The third kappa shape index (κ3) is 2.12. The van der Waals surface area contributed by atoms with Crippen molar-refractivity contribution in [2.75, 3.05) is 0 Å². The van der Waals surface area contributed by atoms with E-state index in [2.05, 4.69) is 0 Å². The summed E-state index contributed by atoms with van der Waals surface area (Å²) < 4.78 is 38.4. The standard InChI is InChI=1S/C10H8F3NS/c1-14-6-9(15-10(11,12)13)7-4-2-3-5-8(7)14/h2-6H,1H3. The van der Waals surface area contributed by atoms with Crippen LogP contribution < -0.4 is 0 Å². The SMILES string of the molecule is Cn1cc(SC(F)(F)F)c2ccccc21. The molecule has 0 amide bonds. The molecular weight excluding hydrogens is 223 g/mol. The molecule has 2 aromatic rings. The van der Waals surface area contributed by atoms with Gasteiger partial charge in [0.2, 0.25) is 0 Å². The highest BCUT2D eigenvalue weighted by Crippen LogP contribution is 2.40. The van der Waals surface area contributed by atoms with Crippen molar-refractivity contribution in [2.24, 2.45) is 7.05 Å². The number of aromatic nitrogens is 1. The van der Waals surface area contributed by atoms with Gasteiger partial charge in [0.15, 0.2) is 0 Å². The van der Waals surface area contributed by atoms with E-state index < -0.39 is 5.51 Å². The van der Waals surface area contributed by atoms with Crippen LogP contribution in [0, 0.1) is 0 Å². The Hall–Kier alpha value is -1.10. The fraction of sp³-hybridized carbons (Fsp3) is 0.200. The number of hydrogen-bond acceptors (Lipinski definition) is 1. The maximum atomic E-state index is 12.2. The van der Waals surface area contributed by atoms with E-state index in [4.69, 9.17) is 0 Å². The summed E-state index contributed by atoms with van der Waals surface area (Å²) in [6.07, 6.45) is 1.50. The molecule has 2 rings (SSSR count). The van der Waals surface area contributed by atoms with Gasteiger partial charge < -0.3 is 4.57 Å². The minimum absolute atomic E-state index is 0.0698. The van der Waals surface area contributed by atoms with Gasteiger partial charge in [0, 0.05) is 29.0 Å². The normalized spacial score (nSPS) is 12.3. The summed E-state index contributed by atoms with van der Waals surface area (Å²) >= 11 is -0.0698. The lowest BCUT2D eigenvalue weighted by Gasteiger charge is -2.03. The van der Waals surface area contributed by atoms with Crippen molar-refractivity contribution in [2.45, 2.75) is 10.4 Å². The van der Waals surface area contributed by atoms with Crippen LogP contribution in [0.1, 0.15) is 0 Å². The molecule has 0 unspecified atom stereocenters. The Morgan fingerprint density at radius 1 is 1.20 bits per heavy atom. The molecule has 0 bridgehead atoms. The largest absolute Gasteiger partial charge is 0.446 e. The summed E-state index contributed by atoms with van der Waals surface area (Å²) in [6, 6.07) is 7.05. The Labute approximate surface area is 88.9 Å². The quantitative estimate of drug-likeness (QED) is 0.676. The van der Waals surface area contributed by atoms with Crippen LogP contribution in [0.5, 0.6) is 0 Å². The van der Waals surface area contributed by atoms with E-state index in [-0.39, 0.29) is 16.7 Å². The van der Waals surface area contributed by atoms with Crippen LogP contribution in [0.15, 0.2) is 35.4 Å². The summed E-state index contributed by atoms with van der Waals surface area (Å²) in [5.41, 5.74) is -3.42. The first-order valence-corrected chi connectivity index (χ1v) is 5.09. The number of thioether (sulfide) groups is 1. The van der Waals surface area contributed by atoms with Crippen molar-refractivity contribution >= 4 is 22.7 Å². The predicted octanol–water partition coefficient (Wildman–Crippen LogP) is 3.79. The van der Waals surface area contributed by atoms with E-state index in [0.717, 1.165) is 5.52 Å². The van der Waals surface area contributed by atoms with Crippen LogP contribution in [0.25, 0.3) is 10.9 Å². The molecule has 0 saturated carbocycles. The Kier molecular flexibility index (Phi) is 2.42. The Balaban J connectivity index is 2.53. The van der Waals surface area contributed by atoms with Gasteiger partial charge in [-0.1, -0.05) is 18.2 Å². The third-order valence-corrected chi connectivity index (χ3v) is 2.86. The summed E-state index contributed by atoms with van der Waals surface area (Å²) in [5, 5.41) is 0.641. The number of halogens is 3. The Bertz CT molecular complexity index is 487. The number of benzene rings is 1. The maximum Gasteiger partial charge on any atom is 0.446 e. The first kappa shape index (κ1) is 10.4. The highest BCUT2D eigenvalue weighted by Gasteiger charge is 2.30. The fourth-order valence-corrected chi connectivity index (χ4v) is 2.25. The lowest BCUT2D eigenvalue weighted by Crippen LogP contribution is -1.98.